The van der Waals surface area contributed by atoms with E-state index in [-0.39, 0.29) is 11.5 Å². The number of nitrogens with two attached hydrogens (primary N) is 1. The van der Waals surface area contributed by atoms with E-state index in [0.29, 0.717) is 11.5 Å². The second-order valence-electron chi connectivity index (χ2n) is 11.0. The Kier molecular flexibility index (Phi) is 14.2. The minimum Gasteiger partial charge on any atom is -0.444 e. The van der Waals surface area contributed by atoms with Crippen LogP contribution in [0, 0.1) is 13.8 Å². The number of hydrazine groups is 1. The molecule has 2 rings (SSSR count). The zero-order chi connectivity index (χ0) is 31.3. The fraction of sp³-hybridized carbons (Fsp3) is 0.467. The number of ether oxygens (including phenoxy) is 1. The van der Waals surface area contributed by atoms with Crippen LogP contribution < -0.4 is 27.2 Å². The molecule has 3 atom stereocenters. The molecule has 0 heterocycles. The van der Waals surface area contributed by atoms with Crippen LogP contribution >= 0.6 is 23.5 Å². The molecule has 0 radical (unpaired) electrons. The Morgan fingerprint density at radius 3 is 1.62 bits per heavy atom. The van der Waals surface area contributed by atoms with Crippen molar-refractivity contribution in [2.75, 3.05) is 11.5 Å². The lowest BCUT2D eigenvalue weighted by Gasteiger charge is -2.25. The highest BCUT2D eigenvalue weighted by Gasteiger charge is 2.28. The topological polar surface area (TPSA) is 152 Å². The summed E-state index contributed by atoms with van der Waals surface area (Å²) >= 11 is 2.94. The highest BCUT2D eigenvalue weighted by molar-refractivity contribution is 7.98. The molecule has 2 aromatic rings. The number of alkyl carbamates (subject to hydrolysis) is 1. The monoisotopic (exact) mass is 617 g/mol. The van der Waals surface area contributed by atoms with E-state index in [4.69, 9.17) is 10.6 Å². The summed E-state index contributed by atoms with van der Waals surface area (Å²) in [7, 11) is 0. The van der Waals surface area contributed by atoms with Crippen LogP contribution in [-0.2, 0) is 30.6 Å². The molecule has 0 spiro atoms. The molecule has 0 aliphatic carbocycles. The molecule has 12 heteroatoms. The standard InChI is InChI=1S/C30H43N5O5S2/c1-19-7-11-22(12-8-19)15-41-17-24(34-29(39)40-30(4,5)6)27(37)32-21(3)26(36)33-25(28(38)35-31)18-42-16-23-13-9-20(2)10-14-23/h7-14,21,24-25H,15-18,31H2,1-6H3,(H,32,37)(H,33,36)(H,34,39)(H,35,38)/t21-,24-,25-/m0/s1. The maximum Gasteiger partial charge on any atom is 0.408 e. The highest BCUT2D eigenvalue weighted by Crippen LogP contribution is 2.16. The van der Waals surface area contributed by atoms with Crippen LogP contribution in [0.2, 0.25) is 0 Å². The number of amides is 4. The summed E-state index contributed by atoms with van der Waals surface area (Å²) in [5.74, 6) is 5.50. The second-order valence-corrected chi connectivity index (χ2v) is 13.1. The Hall–Kier alpha value is -3.22. The number of carbonyl (C=O) groups is 4. The van der Waals surface area contributed by atoms with E-state index in [1.165, 1.54) is 30.4 Å². The zero-order valence-electron chi connectivity index (χ0n) is 25.1. The number of hydrogen-bond donors (Lipinski definition) is 5. The van der Waals surface area contributed by atoms with Gasteiger partial charge in [0.25, 0.3) is 5.91 Å². The molecule has 230 valence electrons. The molecular weight excluding hydrogens is 574 g/mol. The Balaban J connectivity index is 1.99. The molecule has 0 aliphatic rings. The minimum atomic E-state index is -0.988. The molecule has 0 unspecified atom stereocenters. The lowest BCUT2D eigenvalue weighted by molar-refractivity contribution is -0.131. The van der Waals surface area contributed by atoms with Gasteiger partial charge in [0.05, 0.1) is 0 Å². The van der Waals surface area contributed by atoms with Crippen molar-refractivity contribution in [3.05, 3.63) is 70.8 Å². The first kappa shape index (κ1) is 35.0. The number of carbonyl (C=O) groups excluding carboxylic acids is 4. The van der Waals surface area contributed by atoms with E-state index < -0.39 is 47.5 Å². The molecule has 0 aliphatic heterocycles. The van der Waals surface area contributed by atoms with Crippen molar-refractivity contribution in [3.63, 3.8) is 0 Å². The van der Waals surface area contributed by atoms with Crippen molar-refractivity contribution in [1.82, 2.24) is 21.4 Å². The quantitative estimate of drug-likeness (QED) is 0.123. The molecule has 6 N–H and O–H groups in total. The molecular formula is C30H43N5O5S2. The fourth-order valence-electron chi connectivity index (χ4n) is 3.55. The van der Waals surface area contributed by atoms with Crippen LogP contribution in [0.15, 0.2) is 48.5 Å². The average molecular weight is 618 g/mol. The molecule has 4 amide bonds. The Morgan fingerprint density at radius 1 is 0.738 bits per heavy atom. The smallest absolute Gasteiger partial charge is 0.408 e. The van der Waals surface area contributed by atoms with Crippen molar-refractivity contribution in [1.29, 1.82) is 0 Å². The first-order valence-corrected chi connectivity index (χ1v) is 16.0. The lowest BCUT2D eigenvalue weighted by atomic mass is 10.2. The third-order valence-corrected chi connectivity index (χ3v) is 8.10. The van der Waals surface area contributed by atoms with Gasteiger partial charge < -0.3 is 20.7 Å². The molecule has 0 saturated heterocycles. The van der Waals surface area contributed by atoms with Gasteiger partial charge in [0.1, 0.15) is 23.7 Å². The third-order valence-electron chi connectivity index (χ3n) is 5.88. The zero-order valence-corrected chi connectivity index (χ0v) is 26.7. The SMILES string of the molecule is Cc1ccc(CSC[C@H](NC(=O)OC(C)(C)C)C(=O)N[C@@H](C)C(=O)N[C@@H](CSCc2ccc(C)cc2)C(=O)NN)cc1. The number of rotatable bonds is 14. The molecule has 0 aromatic heterocycles. The van der Waals surface area contributed by atoms with Crippen molar-refractivity contribution < 1.29 is 23.9 Å². The minimum absolute atomic E-state index is 0.251. The first-order chi connectivity index (χ1) is 19.8. The van der Waals surface area contributed by atoms with E-state index in [9.17, 15) is 19.2 Å². The van der Waals surface area contributed by atoms with Crippen LogP contribution in [0.5, 0.6) is 0 Å². The molecule has 0 fully saturated rings. The van der Waals surface area contributed by atoms with Crippen molar-refractivity contribution in [2.45, 2.75) is 76.8 Å². The Labute approximate surface area is 257 Å². The molecule has 0 saturated carbocycles. The summed E-state index contributed by atoms with van der Waals surface area (Å²) in [6.07, 6.45) is -0.735. The predicted octanol–water partition coefficient (Wildman–Crippen LogP) is 3.34. The molecule has 2 aromatic carbocycles. The van der Waals surface area contributed by atoms with Crippen LogP contribution in [0.3, 0.4) is 0 Å². The van der Waals surface area contributed by atoms with Gasteiger partial charge in [0.15, 0.2) is 0 Å². The van der Waals surface area contributed by atoms with Gasteiger partial charge >= 0.3 is 6.09 Å². The van der Waals surface area contributed by atoms with Crippen molar-refractivity contribution in [3.8, 4) is 0 Å². The van der Waals surface area contributed by atoms with Crippen LogP contribution in [0.25, 0.3) is 0 Å². The van der Waals surface area contributed by atoms with Gasteiger partial charge in [0.2, 0.25) is 11.8 Å². The second kappa shape index (κ2) is 17.0. The fourth-order valence-corrected chi connectivity index (χ4v) is 5.58. The van der Waals surface area contributed by atoms with E-state index in [1.54, 1.807) is 20.8 Å². The first-order valence-electron chi connectivity index (χ1n) is 13.6. The lowest BCUT2D eigenvalue weighted by Crippen LogP contribution is -2.57. The summed E-state index contributed by atoms with van der Waals surface area (Å²) in [4.78, 5) is 51.0. The van der Waals surface area contributed by atoms with Gasteiger partial charge in [-0.15, -0.1) is 0 Å². The summed E-state index contributed by atoms with van der Waals surface area (Å²) in [6.45, 7) is 10.7. The number of benzene rings is 2. The van der Waals surface area contributed by atoms with Crippen LogP contribution in [0.4, 0.5) is 4.79 Å². The van der Waals surface area contributed by atoms with E-state index in [1.807, 2.05) is 62.4 Å². The highest BCUT2D eigenvalue weighted by atomic mass is 32.2. The summed E-state index contributed by atoms with van der Waals surface area (Å²) in [6, 6.07) is 13.2. The summed E-state index contributed by atoms with van der Waals surface area (Å²) < 4.78 is 5.34. The van der Waals surface area contributed by atoms with E-state index >= 15 is 0 Å². The number of thioether (sulfide) groups is 2. The van der Waals surface area contributed by atoms with Gasteiger partial charge in [-0.25, -0.2) is 10.6 Å². The van der Waals surface area contributed by atoms with E-state index in [0.717, 1.165) is 22.3 Å². The van der Waals surface area contributed by atoms with Crippen LogP contribution in [0.1, 0.15) is 49.9 Å². The molecule has 42 heavy (non-hydrogen) atoms. The number of aryl methyl sites for hydroxylation is 2. The largest absolute Gasteiger partial charge is 0.444 e. The number of nitrogens with one attached hydrogen (secondary N) is 4. The van der Waals surface area contributed by atoms with Gasteiger partial charge in [0, 0.05) is 23.0 Å². The normalized spacial score (nSPS) is 13.3. The third kappa shape index (κ3) is 13.2. The Morgan fingerprint density at radius 2 is 1.19 bits per heavy atom. The summed E-state index contributed by atoms with van der Waals surface area (Å²) in [5.41, 5.74) is 5.82. The maximum absolute atomic E-state index is 13.2. The number of hydrogen-bond acceptors (Lipinski definition) is 8. The maximum atomic E-state index is 13.2. The summed E-state index contributed by atoms with van der Waals surface area (Å²) in [5, 5.41) is 7.93. The van der Waals surface area contributed by atoms with Crippen molar-refractivity contribution >= 4 is 47.3 Å². The van der Waals surface area contributed by atoms with E-state index in [2.05, 4.69) is 21.4 Å². The van der Waals surface area contributed by atoms with Gasteiger partial charge in [-0.1, -0.05) is 59.7 Å². The van der Waals surface area contributed by atoms with Gasteiger partial charge in [-0.3, -0.25) is 19.8 Å². The Bertz CT molecular complexity index is 1190. The van der Waals surface area contributed by atoms with Gasteiger partial charge in [-0.05, 0) is 52.7 Å². The molecule has 0 bridgehead atoms. The van der Waals surface area contributed by atoms with Crippen LogP contribution in [-0.4, -0.2) is 59.0 Å². The molecule has 10 nitrogen and oxygen atoms in total. The average Bonchev–Trinajstić information content (AvgIpc) is 2.92. The van der Waals surface area contributed by atoms with Crippen molar-refractivity contribution in [2.24, 2.45) is 5.84 Å². The van der Waals surface area contributed by atoms with Gasteiger partial charge in [-0.2, -0.15) is 23.5 Å². The predicted molar refractivity (Wildman–Crippen MR) is 170 cm³/mol.